The Bertz CT molecular complexity index is 396. The number of hydrogen-bond donors (Lipinski definition) is 1. The van der Waals surface area contributed by atoms with Crippen LogP contribution in [0.4, 0.5) is 0 Å². The van der Waals surface area contributed by atoms with Gasteiger partial charge in [0.05, 0.1) is 12.5 Å². The third-order valence-electron chi connectivity index (χ3n) is 5.18. The lowest BCUT2D eigenvalue weighted by Gasteiger charge is -2.19. The van der Waals surface area contributed by atoms with Crippen molar-refractivity contribution in [1.82, 2.24) is 0 Å². The zero-order chi connectivity index (χ0) is 19.2. The van der Waals surface area contributed by atoms with Crippen molar-refractivity contribution in [2.24, 2.45) is 5.92 Å². The molecule has 1 saturated heterocycles. The minimum Gasteiger partial charge on any atom is -0.458 e. The summed E-state index contributed by atoms with van der Waals surface area (Å²) < 4.78 is 10.3. The van der Waals surface area contributed by atoms with E-state index in [0.717, 1.165) is 12.8 Å². The van der Waals surface area contributed by atoms with E-state index >= 15 is 0 Å². The second-order valence-electron chi connectivity index (χ2n) is 7.52. The van der Waals surface area contributed by atoms with E-state index < -0.39 is 24.1 Å². The number of hydrogen-bond acceptors (Lipinski definition) is 5. The molecule has 0 aliphatic carbocycles. The van der Waals surface area contributed by atoms with E-state index in [1.54, 1.807) is 0 Å². The van der Waals surface area contributed by atoms with Gasteiger partial charge in [0.1, 0.15) is 0 Å². The minimum absolute atomic E-state index is 0.307. The topological polar surface area (TPSA) is 72.8 Å². The summed E-state index contributed by atoms with van der Waals surface area (Å²) in [6.07, 6.45) is 14.5. The Hall–Kier alpha value is -1.10. The van der Waals surface area contributed by atoms with Crippen LogP contribution in [0.2, 0.25) is 0 Å². The van der Waals surface area contributed by atoms with Crippen LogP contribution >= 0.6 is 0 Å². The first-order valence-electron chi connectivity index (χ1n) is 10.6. The molecule has 3 atom stereocenters. The highest BCUT2D eigenvalue weighted by molar-refractivity contribution is 5.77. The Balaban J connectivity index is 2.07. The highest BCUT2D eigenvalue weighted by Gasteiger charge is 2.46. The van der Waals surface area contributed by atoms with Crippen molar-refractivity contribution in [1.29, 1.82) is 0 Å². The number of ether oxygens (including phenoxy) is 2. The molecule has 5 nitrogen and oxygen atoms in total. The summed E-state index contributed by atoms with van der Waals surface area (Å²) in [4.78, 5) is 23.2. The molecule has 0 radical (unpaired) electrons. The number of cyclic esters (lactones) is 1. The fourth-order valence-electron chi connectivity index (χ4n) is 3.68. The summed E-state index contributed by atoms with van der Waals surface area (Å²) >= 11 is 0. The van der Waals surface area contributed by atoms with Gasteiger partial charge in [-0.1, -0.05) is 84.0 Å². The molecule has 0 aromatic heterocycles. The predicted molar refractivity (Wildman–Crippen MR) is 102 cm³/mol. The van der Waals surface area contributed by atoms with Crippen LogP contribution in [0, 0.1) is 5.92 Å². The molecule has 5 heteroatoms. The molecule has 0 spiro atoms. The molecule has 0 aromatic rings. The van der Waals surface area contributed by atoms with Crippen molar-refractivity contribution >= 4 is 11.9 Å². The van der Waals surface area contributed by atoms with E-state index in [9.17, 15) is 14.7 Å². The van der Waals surface area contributed by atoms with E-state index in [4.69, 9.17) is 9.47 Å². The van der Waals surface area contributed by atoms with Crippen molar-refractivity contribution < 1.29 is 24.2 Å². The van der Waals surface area contributed by atoms with E-state index in [1.165, 1.54) is 71.1 Å². The molecule has 26 heavy (non-hydrogen) atoms. The zero-order valence-corrected chi connectivity index (χ0v) is 16.7. The van der Waals surface area contributed by atoms with Crippen LogP contribution in [-0.4, -0.2) is 35.9 Å². The van der Waals surface area contributed by atoms with Gasteiger partial charge >= 0.3 is 11.9 Å². The van der Waals surface area contributed by atoms with Crippen LogP contribution in [0.5, 0.6) is 0 Å². The molecule has 1 fully saturated rings. The van der Waals surface area contributed by atoms with Gasteiger partial charge in [-0.3, -0.25) is 9.59 Å². The summed E-state index contributed by atoms with van der Waals surface area (Å²) in [7, 11) is 0. The molecule has 1 rings (SSSR count). The Morgan fingerprint density at radius 3 is 1.92 bits per heavy atom. The molecule has 1 heterocycles. The quantitative estimate of drug-likeness (QED) is 0.338. The average molecular weight is 371 g/mol. The number of unbranched alkanes of at least 4 members (excludes halogenated alkanes) is 11. The lowest BCUT2D eigenvalue weighted by molar-refractivity contribution is -0.152. The summed E-state index contributed by atoms with van der Waals surface area (Å²) in [5, 5.41) is 9.29. The molecule has 1 aliphatic heterocycles. The number of aliphatic hydroxyl groups is 1. The van der Waals surface area contributed by atoms with E-state index in [-0.39, 0.29) is 12.6 Å². The lowest BCUT2D eigenvalue weighted by Crippen LogP contribution is -2.34. The summed E-state index contributed by atoms with van der Waals surface area (Å²) in [6, 6.07) is 0. The Labute approximate surface area is 158 Å². The van der Waals surface area contributed by atoms with Crippen LogP contribution in [0.25, 0.3) is 0 Å². The fourth-order valence-corrected chi connectivity index (χ4v) is 3.68. The van der Waals surface area contributed by atoms with Crippen LogP contribution < -0.4 is 0 Å². The lowest BCUT2D eigenvalue weighted by atomic mass is 9.94. The van der Waals surface area contributed by atoms with Gasteiger partial charge in [-0.15, -0.1) is 0 Å². The second-order valence-corrected chi connectivity index (χ2v) is 7.52. The van der Waals surface area contributed by atoms with Gasteiger partial charge in [0.25, 0.3) is 0 Å². The predicted octanol–water partition coefficient (Wildman–Crippen LogP) is 4.54. The van der Waals surface area contributed by atoms with Gasteiger partial charge in [0, 0.05) is 6.92 Å². The van der Waals surface area contributed by atoms with Gasteiger partial charge < -0.3 is 14.6 Å². The highest BCUT2D eigenvalue weighted by Crippen LogP contribution is 2.29. The fraction of sp³-hybridized carbons (Fsp3) is 0.905. The maximum Gasteiger partial charge on any atom is 0.313 e. The standard InChI is InChI=1S/C21H38O5/c1-3-4-5-6-7-8-9-10-11-12-13-14-15-18-20(25-17(2)23)19(16-22)26-21(18)24/h18-20,22H,3-16H2,1-2H3/t18-,19-,20+/m0/s1. The first kappa shape index (κ1) is 22.9. The molecule has 0 amide bonds. The van der Waals surface area contributed by atoms with Gasteiger partial charge in [-0.2, -0.15) is 0 Å². The molecule has 1 N–H and O–H groups in total. The largest absolute Gasteiger partial charge is 0.458 e. The molecular weight excluding hydrogens is 332 g/mol. The molecule has 1 aliphatic rings. The third kappa shape index (κ3) is 9.02. The van der Waals surface area contributed by atoms with Crippen molar-refractivity contribution in [2.75, 3.05) is 6.61 Å². The Kier molecular flexibility index (Phi) is 12.4. The van der Waals surface area contributed by atoms with Gasteiger partial charge in [0.2, 0.25) is 0 Å². The van der Waals surface area contributed by atoms with Crippen LogP contribution in [-0.2, 0) is 19.1 Å². The summed E-state index contributed by atoms with van der Waals surface area (Å²) in [5.74, 6) is -1.22. The number of esters is 2. The normalized spacial score (nSPS) is 22.4. The van der Waals surface area contributed by atoms with Crippen molar-refractivity contribution in [3.05, 3.63) is 0 Å². The Morgan fingerprint density at radius 2 is 1.46 bits per heavy atom. The molecule has 0 bridgehead atoms. The zero-order valence-electron chi connectivity index (χ0n) is 16.7. The van der Waals surface area contributed by atoms with Crippen LogP contribution in [0.15, 0.2) is 0 Å². The SMILES string of the molecule is CCCCCCCCCCCCCC[C@@H]1C(=O)O[C@@H](CO)[C@@H]1OC(C)=O. The molecule has 0 aromatic carbocycles. The van der Waals surface area contributed by atoms with E-state index in [2.05, 4.69) is 6.92 Å². The molecule has 152 valence electrons. The number of carbonyl (C=O) groups is 2. The minimum atomic E-state index is -0.714. The molecule has 0 unspecified atom stereocenters. The number of rotatable bonds is 15. The maximum atomic E-state index is 11.9. The number of carbonyl (C=O) groups excluding carboxylic acids is 2. The first-order valence-corrected chi connectivity index (χ1v) is 10.6. The van der Waals surface area contributed by atoms with Crippen molar-refractivity contribution in [3.63, 3.8) is 0 Å². The highest BCUT2D eigenvalue weighted by atomic mass is 16.6. The second kappa shape index (κ2) is 14.0. The van der Waals surface area contributed by atoms with Crippen molar-refractivity contribution in [3.8, 4) is 0 Å². The maximum absolute atomic E-state index is 11.9. The summed E-state index contributed by atoms with van der Waals surface area (Å²) in [6.45, 7) is 3.26. The average Bonchev–Trinajstić information content (AvgIpc) is 2.90. The van der Waals surface area contributed by atoms with Crippen LogP contribution in [0.1, 0.15) is 97.3 Å². The molecular formula is C21H38O5. The summed E-state index contributed by atoms with van der Waals surface area (Å²) in [5.41, 5.74) is 0. The Morgan fingerprint density at radius 1 is 0.962 bits per heavy atom. The van der Waals surface area contributed by atoms with Crippen LogP contribution in [0.3, 0.4) is 0 Å². The van der Waals surface area contributed by atoms with Gasteiger partial charge in [-0.05, 0) is 6.42 Å². The van der Waals surface area contributed by atoms with Gasteiger partial charge in [0.15, 0.2) is 12.2 Å². The van der Waals surface area contributed by atoms with Crippen molar-refractivity contribution in [2.45, 2.75) is 110 Å². The smallest absolute Gasteiger partial charge is 0.313 e. The third-order valence-corrected chi connectivity index (χ3v) is 5.18. The first-order chi connectivity index (χ1) is 12.6. The van der Waals surface area contributed by atoms with E-state index in [0.29, 0.717) is 6.42 Å². The van der Waals surface area contributed by atoms with E-state index in [1.807, 2.05) is 0 Å². The molecule has 0 saturated carbocycles. The monoisotopic (exact) mass is 370 g/mol. The van der Waals surface area contributed by atoms with Gasteiger partial charge in [-0.25, -0.2) is 0 Å². The number of aliphatic hydroxyl groups excluding tert-OH is 1.